The molecule has 0 aliphatic carbocycles. The number of nitro benzene ring substituents is 1. The van der Waals surface area contributed by atoms with Crippen LogP contribution in [0, 0.1) is 22.0 Å². The number of rotatable bonds is 3. The fourth-order valence-electron chi connectivity index (χ4n) is 3.09. The standard InChI is InChI=1S/C15H21BrN2O2/c1-10-7-11(2)12(3)17(8-10)9-13-5-4-6-14(15(13)16)18(19)20/h4-6,10-12H,7-9H2,1-3H3. The molecule has 3 unspecified atom stereocenters. The van der Waals surface area contributed by atoms with Gasteiger partial charge in [-0.2, -0.15) is 0 Å². The summed E-state index contributed by atoms with van der Waals surface area (Å²) in [6, 6.07) is 5.78. The van der Waals surface area contributed by atoms with Crippen molar-refractivity contribution in [2.75, 3.05) is 6.54 Å². The maximum Gasteiger partial charge on any atom is 0.283 e. The first-order valence-electron chi connectivity index (χ1n) is 7.06. The lowest BCUT2D eigenvalue weighted by Gasteiger charge is -2.41. The van der Waals surface area contributed by atoms with E-state index in [2.05, 4.69) is 41.6 Å². The van der Waals surface area contributed by atoms with Crippen molar-refractivity contribution in [3.05, 3.63) is 38.3 Å². The van der Waals surface area contributed by atoms with Crippen LogP contribution >= 0.6 is 15.9 Å². The van der Waals surface area contributed by atoms with Crippen molar-refractivity contribution in [1.29, 1.82) is 0 Å². The number of hydrogen-bond donors (Lipinski definition) is 0. The molecule has 110 valence electrons. The Balaban J connectivity index is 2.21. The van der Waals surface area contributed by atoms with Crippen LogP contribution in [0.2, 0.25) is 0 Å². The van der Waals surface area contributed by atoms with Crippen LogP contribution in [-0.2, 0) is 6.54 Å². The normalized spacial score (nSPS) is 27.5. The Hall–Kier alpha value is -0.940. The molecule has 5 heteroatoms. The van der Waals surface area contributed by atoms with Crippen LogP contribution in [-0.4, -0.2) is 22.4 Å². The van der Waals surface area contributed by atoms with E-state index in [9.17, 15) is 10.1 Å². The minimum atomic E-state index is -0.335. The van der Waals surface area contributed by atoms with Crippen molar-refractivity contribution in [1.82, 2.24) is 4.90 Å². The second-order valence-corrected chi connectivity index (χ2v) is 6.79. The second-order valence-electron chi connectivity index (χ2n) is 6.00. The summed E-state index contributed by atoms with van der Waals surface area (Å²) < 4.78 is 0.614. The third-order valence-corrected chi connectivity index (χ3v) is 5.26. The fraction of sp³-hybridized carbons (Fsp3) is 0.600. The molecule has 1 aliphatic heterocycles. The summed E-state index contributed by atoms with van der Waals surface area (Å²) in [5.74, 6) is 1.34. The monoisotopic (exact) mass is 340 g/mol. The van der Waals surface area contributed by atoms with Crippen LogP contribution in [0.4, 0.5) is 5.69 Å². The number of likely N-dealkylation sites (tertiary alicyclic amines) is 1. The second kappa shape index (κ2) is 6.22. The summed E-state index contributed by atoms with van der Waals surface area (Å²) in [5, 5.41) is 11.0. The molecular formula is C15H21BrN2O2. The maximum absolute atomic E-state index is 11.0. The average molecular weight is 341 g/mol. The molecule has 1 aliphatic rings. The number of piperidine rings is 1. The van der Waals surface area contributed by atoms with Gasteiger partial charge in [-0.25, -0.2) is 0 Å². The van der Waals surface area contributed by atoms with Crippen LogP contribution in [0.15, 0.2) is 22.7 Å². The number of hydrogen-bond acceptors (Lipinski definition) is 3. The third-order valence-electron chi connectivity index (χ3n) is 4.35. The highest BCUT2D eigenvalue weighted by atomic mass is 79.9. The number of nitrogens with zero attached hydrogens (tertiary/aromatic N) is 2. The van der Waals surface area contributed by atoms with E-state index in [0.717, 1.165) is 18.7 Å². The lowest BCUT2D eigenvalue weighted by molar-refractivity contribution is -0.385. The van der Waals surface area contributed by atoms with Gasteiger partial charge in [-0.3, -0.25) is 15.0 Å². The van der Waals surface area contributed by atoms with Gasteiger partial charge < -0.3 is 0 Å². The predicted octanol–water partition coefficient (Wildman–Crippen LogP) is 4.22. The molecule has 0 bridgehead atoms. The minimum Gasteiger partial charge on any atom is -0.296 e. The van der Waals surface area contributed by atoms with Gasteiger partial charge in [-0.05, 0) is 46.7 Å². The van der Waals surface area contributed by atoms with E-state index in [1.807, 2.05) is 6.07 Å². The van der Waals surface area contributed by atoms with Crippen molar-refractivity contribution >= 4 is 21.6 Å². The average Bonchev–Trinajstić information content (AvgIpc) is 2.37. The molecule has 0 N–H and O–H groups in total. The molecular weight excluding hydrogens is 320 g/mol. The summed E-state index contributed by atoms with van der Waals surface area (Å²) in [6.07, 6.45) is 1.26. The van der Waals surface area contributed by atoms with Crippen molar-refractivity contribution < 1.29 is 4.92 Å². The first-order valence-corrected chi connectivity index (χ1v) is 7.85. The lowest BCUT2D eigenvalue weighted by Crippen LogP contribution is -2.45. The van der Waals surface area contributed by atoms with Crippen molar-refractivity contribution in [3.63, 3.8) is 0 Å². The highest BCUT2D eigenvalue weighted by Crippen LogP contribution is 2.32. The molecule has 1 heterocycles. The fourth-order valence-corrected chi connectivity index (χ4v) is 3.62. The largest absolute Gasteiger partial charge is 0.296 e. The van der Waals surface area contributed by atoms with Gasteiger partial charge in [0, 0.05) is 25.2 Å². The first kappa shape index (κ1) is 15.4. The summed E-state index contributed by atoms with van der Waals surface area (Å²) in [7, 11) is 0. The lowest BCUT2D eigenvalue weighted by atomic mass is 9.86. The van der Waals surface area contributed by atoms with Gasteiger partial charge in [0.1, 0.15) is 0 Å². The maximum atomic E-state index is 11.0. The zero-order valence-corrected chi connectivity index (χ0v) is 13.8. The highest BCUT2D eigenvalue weighted by molar-refractivity contribution is 9.10. The van der Waals surface area contributed by atoms with E-state index < -0.39 is 0 Å². The van der Waals surface area contributed by atoms with Gasteiger partial charge in [0.05, 0.1) is 9.40 Å². The van der Waals surface area contributed by atoms with Gasteiger partial charge in [-0.15, -0.1) is 0 Å². The highest BCUT2D eigenvalue weighted by Gasteiger charge is 2.29. The molecule has 1 fully saturated rings. The molecule has 1 saturated heterocycles. The minimum absolute atomic E-state index is 0.147. The van der Waals surface area contributed by atoms with Crippen LogP contribution < -0.4 is 0 Å². The predicted molar refractivity (Wildman–Crippen MR) is 83.6 cm³/mol. The van der Waals surface area contributed by atoms with E-state index in [1.165, 1.54) is 6.42 Å². The smallest absolute Gasteiger partial charge is 0.283 e. The van der Waals surface area contributed by atoms with E-state index in [1.54, 1.807) is 12.1 Å². The topological polar surface area (TPSA) is 46.4 Å². The summed E-state index contributed by atoms with van der Waals surface area (Å²) in [6.45, 7) is 8.63. The molecule has 0 spiro atoms. The molecule has 0 aromatic heterocycles. The van der Waals surface area contributed by atoms with E-state index in [-0.39, 0.29) is 10.6 Å². The summed E-state index contributed by atoms with van der Waals surface area (Å²) in [5.41, 5.74) is 1.14. The van der Waals surface area contributed by atoms with Crippen molar-refractivity contribution in [3.8, 4) is 0 Å². The summed E-state index contributed by atoms with van der Waals surface area (Å²) in [4.78, 5) is 13.1. The van der Waals surface area contributed by atoms with Crippen LogP contribution in [0.1, 0.15) is 32.8 Å². The van der Waals surface area contributed by atoms with Gasteiger partial charge in [0.15, 0.2) is 0 Å². The Morgan fingerprint density at radius 3 is 2.75 bits per heavy atom. The van der Waals surface area contributed by atoms with Gasteiger partial charge >= 0.3 is 0 Å². The number of nitro groups is 1. The Labute approximate surface area is 128 Å². The molecule has 0 amide bonds. The van der Waals surface area contributed by atoms with Crippen molar-refractivity contribution in [2.24, 2.45) is 11.8 Å². The first-order chi connectivity index (χ1) is 9.40. The van der Waals surface area contributed by atoms with E-state index >= 15 is 0 Å². The zero-order chi connectivity index (χ0) is 14.9. The molecule has 0 saturated carbocycles. The Kier molecular flexibility index (Phi) is 4.81. The third kappa shape index (κ3) is 3.20. The molecule has 3 atom stereocenters. The molecule has 2 rings (SSSR count). The summed E-state index contributed by atoms with van der Waals surface area (Å²) >= 11 is 3.39. The Morgan fingerprint density at radius 1 is 1.40 bits per heavy atom. The van der Waals surface area contributed by atoms with Crippen LogP contribution in [0.3, 0.4) is 0 Å². The zero-order valence-electron chi connectivity index (χ0n) is 12.2. The molecule has 4 nitrogen and oxygen atoms in total. The van der Waals surface area contributed by atoms with Crippen molar-refractivity contribution in [2.45, 2.75) is 39.8 Å². The molecule has 1 aromatic carbocycles. The molecule has 1 aromatic rings. The Morgan fingerprint density at radius 2 is 2.10 bits per heavy atom. The van der Waals surface area contributed by atoms with Gasteiger partial charge in [-0.1, -0.05) is 26.0 Å². The van der Waals surface area contributed by atoms with E-state index in [0.29, 0.717) is 22.4 Å². The van der Waals surface area contributed by atoms with Gasteiger partial charge in [0.25, 0.3) is 5.69 Å². The number of halogens is 1. The Bertz CT molecular complexity index is 507. The van der Waals surface area contributed by atoms with Gasteiger partial charge in [0.2, 0.25) is 0 Å². The van der Waals surface area contributed by atoms with Crippen LogP contribution in [0.5, 0.6) is 0 Å². The quantitative estimate of drug-likeness (QED) is 0.611. The SMILES string of the molecule is CC1CC(C)C(C)N(Cc2cccc([N+](=O)[O-])c2Br)C1. The van der Waals surface area contributed by atoms with E-state index in [4.69, 9.17) is 0 Å². The van der Waals surface area contributed by atoms with Crippen LogP contribution in [0.25, 0.3) is 0 Å². The number of benzene rings is 1. The molecule has 20 heavy (non-hydrogen) atoms. The molecule has 0 radical (unpaired) electrons.